The fourth-order valence-corrected chi connectivity index (χ4v) is 1.92. The van der Waals surface area contributed by atoms with Crippen LogP contribution in [0.25, 0.3) is 0 Å². The van der Waals surface area contributed by atoms with Crippen molar-refractivity contribution >= 4 is 21.9 Å². The Kier molecular flexibility index (Phi) is 6.75. The summed E-state index contributed by atoms with van der Waals surface area (Å²) in [6.07, 6.45) is 0.887. The van der Waals surface area contributed by atoms with Crippen LogP contribution in [-0.4, -0.2) is 38.1 Å². The Bertz CT molecular complexity index is 384. The summed E-state index contributed by atoms with van der Waals surface area (Å²) in [5, 5.41) is 3.20. The molecule has 100 valence electrons. The zero-order valence-corrected chi connectivity index (χ0v) is 12.2. The van der Waals surface area contributed by atoms with Crippen molar-refractivity contribution in [1.82, 2.24) is 5.32 Å². The average molecular weight is 316 g/mol. The van der Waals surface area contributed by atoms with Crippen LogP contribution >= 0.6 is 15.9 Å². The number of carbonyl (C=O) groups excluding carboxylic acids is 1. The molecule has 18 heavy (non-hydrogen) atoms. The minimum Gasteiger partial charge on any atom is -0.497 e. The summed E-state index contributed by atoms with van der Waals surface area (Å²) in [7, 11) is 3.04. The lowest BCUT2D eigenvalue weighted by Gasteiger charge is -2.09. The van der Waals surface area contributed by atoms with Gasteiger partial charge in [-0.25, -0.2) is 0 Å². The van der Waals surface area contributed by atoms with E-state index in [0.717, 1.165) is 18.7 Å². The fraction of sp³-hybridized carbons (Fsp3) is 0.462. The van der Waals surface area contributed by atoms with Gasteiger partial charge >= 0.3 is 5.97 Å². The van der Waals surface area contributed by atoms with E-state index in [4.69, 9.17) is 4.74 Å². The SMILES string of the molecule is COC(=O)C(Br)CNCCc1cccc(OC)c1. The van der Waals surface area contributed by atoms with Gasteiger partial charge in [0.2, 0.25) is 0 Å². The lowest BCUT2D eigenvalue weighted by molar-refractivity contribution is -0.139. The van der Waals surface area contributed by atoms with Gasteiger partial charge in [-0.2, -0.15) is 0 Å². The number of ether oxygens (including phenoxy) is 2. The van der Waals surface area contributed by atoms with Gasteiger partial charge in [-0.05, 0) is 30.7 Å². The molecule has 1 atom stereocenters. The van der Waals surface area contributed by atoms with E-state index in [0.29, 0.717) is 6.54 Å². The topological polar surface area (TPSA) is 47.6 Å². The van der Waals surface area contributed by atoms with Crippen molar-refractivity contribution in [2.45, 2.75) is 11.2 Å². The van der Waals surface area contributed by atoms with E-state index in [1.54, 1.807) is 7.11 Å². The van der Waals surface area contributed by atoms with Gasteiger partial charge in [-0.15, -0.1) is 0 Å². The molecule has 1 rings (SSSR count). The summed E-state index contributed by atoms with van der Waals surface area (Å²) in [5.41, 5.74) is 1.20. The van der Waals surface area contributed by atoms with E-state index in [2.05, 4.69) is 32.0 Å². The Morgan fingerprint density at radius 3 is 2.89 bits per heavy atom. The van der Waals surface area contributed by atoms with Crippen LogP contribution in [0.2, 0.25) is 0 Å². The molecule has 0 bridgehead atoms. The third-order valence-electron chi connectivity index (χ3n) is 2.51. The van der Waals surface area contributed by atoms with Crippen molar-refractivity contribution in [3.05, 3.63) is 29.8 Å². The summed E-state index contributed by atoms with van der Waals surface area (Å²) in [4.78, 5) is 10.8. The normalized spacial score (nSPS) is 11.9. The third-order valence-corrected chi connectivity index (χ3v) is 3.20. The molecule has 0 aromatic heterocycles. The van der Waals surface area contributed by atoms with Crippen LogP contribution < -0.4 is 10.1 Å². The number of carbonyl (C=O) groups is 1. The first-order valence-corrected chi connectivity index (χ1v) is 6.64. The number of nitrogens with one attached hydrogen (secondary N) is 1. The average Bonchev–Trinajstić information content (AvgIpc) is 2.42. The maximum absolute atomic E-state index is 11.1. The van der Waals surface area contributed by atoms with Crippen molar-refractivity contribution in [3.63, 3.8) is 0 Å². The van der Waals surface area contributed by atoms with Gasteiger partial charge in [0.1, 0.15) is 10.6 Å². The number of hydrogen-bond donors (Lipinski definition) is 1. The monoisotopic (exact) mass is 315 g/mol. The summed E-state index contributed by atoms with van der Waals surface area (Å²) < 4.78 is 9.77. The first-order chi connectivity index (χ1) is 8.67. The van der Waals surface area contributed by atoms with Gasteiger partial charge in [-0.3, -0.25) is 4.79 Å². The molecule has 0 spiro atoms. The Labute approximate surface area is 116 Å². The van der Waals surface area contributed by atoms with E-state index in [1.165, 1.54) is 12.7 Å². The van der Waals surface area contributed by atoms with Crippen LogP contribution in [0.3, 0.4) is 0 Å². The number of methoxy groups -OCH3 is 2. The first-order valence-electron chi connectivity index (χ1n) is 5.73. The van der Waals surface area contributed by atoms with Gasteiger partial charge in [0.05, 0.1) is 14.2 Å². The van der Waals surface area contributed by atoms with Crippen LogP contribution in [0.1, 0.15) is 5.56 Å². The van der Waals surface area contributed by atoms with Crippen LogP contribution in [-0.2, 0) is 16.0 Å². The molecule has 0 saturated carbocycles. The van der Waals surface area contributed by atoms with E-state index in [9.17, 15) is 4.79 Å². The molecular weight excluding hydrogens is 298 g/mol. The molecule has 1 N–H and O–H groups in total. The molecule has 0 aliphatic rings. The highest BCUT2D eigenvalue weighted by atomic mass is 79.9. The summed E-state index contributed by atoms with van der Waals surface area (Å²) in [6, 6.07) is 7.95. The highest BCUT2D eigenvalue weighted by Crippen LogP contribution is 2.12. The molecule has 0 saturated heterocycles. The Hall–Kier alpha value is -1.07. The van der Waals surface area contributed by atoms with Gasteiger partial charge in [0.15, 0.2) is 0 Å². The van der Waals surface area contributed by atoms with Gasteiger partial charge in [-0.1, -0.05) is 28.1 Å². The van der Waals surface area contributed by atoms with Crippen LogP contribution in [0, 0.1) is 0 Å². The third kappa shape index (κ3) is 5.06. The number of esters is 1. The smallest absolute Gasteiger partial charge is 0.320 e. The molecule has 0 fully saturated rings. The zero-order chi connectivity index (χ0) is 13.4. The molecule has 0 aliphatic heterocycles. The molecule has 4 nitrogen and oxygen atoms in total. The van der Waals surface area contributed by atoms with Crippen molar-refractivity contribution in [1.29, 1.82) is 0 Å². The summed E-state index contributed by atoms with van der Waals surface area (Å²) in [6.45, 7) is 1.35. The number of rotatable bonds is 7. The predicted octanol–water partition coefficient (Wildman–Crippen LogP) is 1.76. The minimum atomic E-state index is -0.298. The van der Waals surface area contributed by atoms with E-state index in [1.807, 2.05) is 18.2 Å². The lowest BCUT2D eigenvalue weighted by atomic mass is 10.1. The first kappa shape index (κ1) is 15.0. The molecule has 0 amide bonds. The number of halogens is 1. The van der Waals surface area contributed by atoms with Gasteiger partial charge < -0.3 is 14.8 Å². The fourth-order valence-electron chi connectivity index (χ4n) is 1.50. The minimum absolute atomic E-state index is 0.260. The molecule has 0 heterocycles. The second kappa shape index (κ2) is 8.11. The molecule has 0 aliphatic carbocycles. The van der Waals surface area contributed by atoms with E-state index < -0.39 is 0 Å². The largest absolute Gasteiger partial charge is 0.497 e. The number of hydrogen-bond acceptors (Lipinski definition) is 4. The highest BCUT2D eigenvalue weighted by molar-refractivity contribution is 9.10. The zero-order valence-electron chi connectivity index (χ0n) is 10.6. The molecule has 1 unspecified atom stereocenters. The standard InChI is InChI=1S/C13H18BrNO3/c1-17-11-5-3-4-10(8-11)6-7-15-9-12(14)13(16)18-2/h3-5,8,12,15H,6-7,9H2,1-2H3. The molecule has 5 heteroatoms. The van der Waals surface area contributed by atoms with Gasteiger partial charge in [0.25, 0.3) is 0 Å². The van der Waals surface area contributed by atoms with Crippen LogP contribution in [0.15, 0.2) is 24.3 Å². The molecule has 0 radical (unpaired) electrons. The Balaban J connectivity index is 2.27. The van der Waals surface area contributed by atoms with Crippen molar-refractivity contribution < 1.29 is 14.3 Å². The molecule has 1 aromatic carbocycles. The molecule has 1 aromatic rings. The van der Waals surface area contributed by atoms with E-state index in [-0.39, 0.29) is 10.8 Å². The lowest BCUT2D eigenvalue weighted by Crippen LogP contribution is -2.30. The highest BCUT2D eigenvalue weighted by Gasteiger charge is 2.13. The molecular formula is C13H18BrNO3. The number of alkyl halides is 1. The maximum Gasteiger partial charge on any atom is 0.320 e. The second-order valence-electron chi connectivity index (χ2n) is 3.80. The van der Waals surface area contributed by atoms with Crippen molar-refractivity contribution in [2.75, 3.05) is 27.3 Å². The van der Waals surface area contributed by atoms with Crippen LogP contribution in [0.5, 0.6) is 5.75 Å². The van der Waals surface area contributed by atoms with Crippen molar-refractivity contribution in [3.8, 4) is 5.75 Å². The quantitative estimate of drug-likeness (QED) is 0.473. The summed E-state index contributed by atoms with van der Waals surface area (Å²) in [5.74, 6) is 0.601. The Morgan fingerprint density at radius 2 is 2.22 bits per heavy atom. The maximum atomic E-state index is 11.1. The van der Waals surface area contributed by atoms with Crippen LogP contribution in [0.4, 0.5) is 0 Å². The predicted molar refractivity (Wildman–Crippen MR) is 74.3 cm³/mol. The summed E-state index contributed by atoms with van der Waals surface area (Å²) >= 11 is 3.26. The van der Waals surface area contributed by atoms with E-state index >= 15 is 0 Å². The van der Waals surface area contributed by atoms with Crippen molar-refractivity contribution in [2.24, 2.45) is 0 Å². The van der Waals surface area contributed by atoms with Gasteiger partial charge in [0, 0.05) is 6.54 Å². The second-order valence-corrected chi connectivity index (χ2v) is 4.90. The number of benzene rings is 1. The Morgan fingerprint density at radius 1 is 1.44 bits per heavy atom.